The third kappa shape index (κ3) is 3.18. The van der Waals surface area contributed by atoms with Crippen LogP contribution in [0.2, 0.25) is 8.67 Å². The summed E-state index contributed by atoms with van der Waals surface area (Å²) in [6.07, 6.45) is 4.06. The molecule has 1 fully saturated rings. The molecule has 0 spiro atoms. The zero-order valence-corrected chi connectivity index (χ0v) is 12.1. The largest absolute Gasteiger partial charge is 0.396 e. The molecule has 0 radical (unpaired) electrons. The third-order valence-electron chi connectivity index (χ3n) is 3.36. The second kappa shape index (κ2) is 6.24. The van der Waals surface area contributed by atoms with Crippen LogP contribution < -0.4 is 5.32 Å². The molecule has 1 aliphatic rings. The minimum atomic E-state index is -0.200. The first kappa shape index (κ1) is 14.1. The lowest BCUT2D eigenvalue weighted by atomic mass is 9.85. The monoisotopic (exact) mass is 307 g/mol. The fourth-order valence-electron chi connectivity index (χ4n) is 2.36. The Labute approximate surface area is 120 Å². The predicted octanol–water partition coefficient (Wildman–Crippen LogP) is 3.34. The fraction of sp³-hybridized carbons (Fsp3) is 0.583. The molecule has 3 nitrogen and oxygen atoms in total. The highest BCUT2D eigenvalue weighted by Crippen LogP contribution is 2.31. The van der Waals surface area contributed by atoms with Gasteiger partial charge in [0.2, 0.25) is 0 Å². The zero-order valence-electron chi connectivity index (χ0n) is 9.79. The van der Waals surface area contributed by atoms with Gasteiger partial charge in [-0.25, -0.2) is 0 Å². The van der Waals surface area contributed by atoms with Gasteiger partial charge in [-0.2, -0.15) is 0 Å². The van der Waals surface area contributed by atoms with Crippen molar-refractivity contribution in [2.75, 3.05) is 6.61 Å². The quantitative estimate of drug-likeness (QED) is 0.900. The minimum absolute atomic E-state index is 0.0333. The Hall–Kier alpha value is -0.290. The van der Waals surface area contributed by atoms with Crippen molar-refractivity contribution in [3.63, 3.8) is 0 Å². The Kier molecular flexibility index (Phi) is 4.90. The van der Waals surface area contributed by atoms with Crippen molar-refractivity contribution in [2.24, 2.45) is 5.92 Å². The summed E-state index contributed by atoms with van der Waals surface area (Å²) in [4.78, 5) is 12.1. The molecule has 2 rings (SSSR count). The average molecular weight is 308 g/mol. The number of halogens is 2. The summed E-state index contributed by atoms with van der Waals surface area (Å²) in [5.74, 6) is -0.0518. The van der Waals surface area contributed by atoms with Crippen LogP contribution in [0.3, 0.4) is 0 Å². The van der Waals surface area contributed by atoms with Crippen LogP contribution in [-0.2, 0) is 0 Å². The molecule has 1 aliphatic carbocycles. The Morgan fingerprint density at radius 2 is 2.17 bits per heavy atom. The normalized spacial score (nSPS) is 23.9. The number of amides is 1. The highest BCUT2D eigenvalue weighted by atomic mass is 35.5. The molecule has 2 N–H and O–H groups in total. The Morgan fingerprint density at radius 3 is 2.78 bits per heavy atom. The molecule has 1 heterocycles. The van der Waals surface area contributed by atoms with E-state index in [2.05, 4.69) is 5.32 Å². The van der Waals surface area contributed by atoms with Crippen molar-refractivity contribution in [3.8, 4) is 0 Å². The Morgan fingerprint density at radius 1 is 1.44 bits per heavy atom. The SMILES string of the molecule is O=C(NC1CCCCC1CO)c1cc(Cl)sc1Cl. The first-order valence-corrected chi connectivity index (χ1v) is 7.55. The Bertz CT molecular complexity index is 436. The van der Waals surface area contributed by atoms with Gasteiger partial charge < -0.3 is 10.4 Å². The maximum Gasteiger partial charge on any atom is 0.253 e. The van der Waals surface area contributed by atoms with Gasteiger partial charge in [0, 0.05) is 18.6 Å². The van der Waals surface area contributed by atoms with Crippen molar-refractivity contribution < 1.29 is 9.90 Å². The van der Waals surface area contributed by atoms with Crippen LogP contribution >= 0.6 is 34.5 Å². The van der Waals surface area contributed by atoms with Crippen molar-refractivity contribution in [1.29, 1.82) is 0 Å². The van der Waals surface area contributed by atoms with E-state index in [1.807, 2.05) is 0 Å². The van der Waals surface area contributed by atoms with Gasteiger partial charge in [0.15, 0.2) is 0 Å². The van der Waals surface area contributed by atoms with Crippen LogP contribution in [-0.4, -0.2) is 23.7 Å². The Balaban J connectivity index is 2.04. The predicted molar refractivity (Wildman–Crippen MR) is 74.6 cm³/mol. The first-order valence-electron chi connectivity index (χ1n) is 5.98. The van der Waals surface area contributed by atoms with Gasteiger partial charge >= 0.3 is 0 Å². The molecule has 1 amide bonds. The second-order valence-electron chi connectivity index (χ2n) is 4.54. The van der Waals surface area contributed by atoms with Crippen molar-refractivity contribution >= 4 is 40.4 Å². The van der Waals surface area contributed by atoms with Crippen LogP contribution in [0.5, 0.6) is 0 Å². The first-order chi connectivity index (χ1) is 8.61. The van der Waals surface area contributed by atoms with E-state index in [-0.39, 0.29) is 24.5 Å². The summed E-state index contributed by atoms with van der Waals surface area (Å²) in [5.41, 5.74) is 0.425. The van der Waals surface area contributed by atoms with Crippen LogP contribution in [0.1, 0.15) is 36.0 Å². The number of hydrogen-bond acceptors (Lipinski definition) is 3. The van der Waals surface area contributed by atoms with Gasteiger partial charge in [-0.05, 0) is 18.9 Å². The maximum absolute atomic E-state index is 12.1. The van der Waals surface area contributed by atoms with Gasteiger partial charge in [-0.1, -0.05) is 36.0 Å². The molecule has 18 heavy (non-hydrogen) atoms. The number of hydrogen-bond donors (Lipinski definition) is 2. The summed E-state index contributed by atoms with van der Waals surface area (Å²) >= 11 is 13.0. The van der Waals surface area contributed by atoms with E-state index >= 15 is 0 Å². The summed E-state index contributed by atoms with van der Waals surface area (Å²) in [7, 11) is 0. The van der Waals surface area contributed by atoms with Crippen LogP contribution in [0.15, 0.2) is 6.07 Å². The van der Waals surface area contributed by atoms with Crippen LogP contribution in [0.4, 0.5) is 0 Å². The van der Waals surface area contributed by atoms with E-state index < -0.39 is 0 Å². The number of carbonyl (C=O) groups excluding carboxylic acids is 1. The molecule has 1 aromatic heterocycles. The lowest BCUT2D eigenvalue weighted by Crippen LogP contribution is -2.43. The minimum Gasteiger partial charge on any atom is -0.396 e. The van der Waals surface area contributed by atoms with Gasteiger partial charge in [-0.3, -0.25) is 4.79 Å². The number of aliphatic hydroxyl groups excluding tert-OH is 1. The molecule has 1 saturated carbocycles. The van der Waals surface area contributed by atoms with Gasteiger partial charge in [0.05, 0.1) is 9.90 Å². The van der Waals surface area contributed by atoms with Crippen LogP contribution in [0, 0.1) is 5.92 Å². The zero-order chi connectivity index (χ0) is 13.1. The van der Waals surface area contributed by atoms with Crippen molar-refractivity contribution in [1.82, 2.24) is 5.32 Å². The number of aliphatic hydroxyl groups is 1. The summed E-state index contributed by atoms with van der Waals surface area (Å²) in [6.45, 7) is 0.114. The number of nitrogens with one attached hydrogen (secondary N) is 1. The smallest absolute Gasteiger partial charge is 0.253 e. The molecule has 0 saturated heterocycles. The highest BCUT2D eigenvalue weighted by Gasteiger charge is 2.27. The molecular weight excluding hydrogens is 293 g/mol. The fourth-order valence-corrected chi connectivity index (χ4v) is 3.82. The standard InChI is InChI=1S/C12H15Cl2NO2S/c13-10-5-8(11(14)18-10)12(17)15-9-4-2-1-3-7(9)6-16/h5,7,9,16H,1-4,6H2,(H,15,17). The average Bonchev–Trinajstić information content (AvgIpc) is 2.69. The molecular formula is C12H15Cl2NO2S. The van der Waals surface area contributed by atoms with Gasteiger partial charge in [-0.15, -0.1) is 11.3 Å². The lowest BCUT2D eigenvalue weighted by molar-refractivity contribution is 0.0873. The molecule has 2 atom stereocenters. The molecule has 6 heteroatoms. The summed E-state index contributed by atoms with van der Waals surface area (Å²) in [5, 5.41) is 12.3. The molecule has 2 unspecified atom stereocenters. The number of carbonyl (C=O) groups is 1. The molecule has 0 bridgehead atoms. The number of thiophene rings is 1. The molecule has 100 valence electrons. The van der Waals surface area contributed by atoms with E-state index in [1.165, 1.54) is 11.3 Å². The lowest BCUT2D eigenvalue weighted by Gasteiger charge is -2.30. The van der Waals surface area contributed by atoms with Crippen molar-refractivity contribution in [3.05, 3.63) is 20.3 Å². The van der Waals surface area contributed by atoms with E-state index in [1.54, 1.807) is 6.07 Å². The summed E-state index contributed by atoms with van der Waals surface area (Å²) < 4.78 is 0.918. The maximum atomic E-state index is 12.1. The molecule has 0 aromatic carbocycles. The van der Waals surface area contributed by atoms with E-state index in [4.69, 9.17) is 23.2 Å². The topological polar surface area (TPSA) is 49.3 Å². The molecule has 1 aromatic rings. The summed E-state index contributed by atoms with van der Waals surface area (Å²) in [6, 6.07) is 1.62. The van der Waals surface area contributed by atoms with E-state index in [0.29, 0.717) is 14.2 Å². The van der Waals surface area contributed by atoms with E-state index in [0.717, 1.165) is 25.7 Å². The highest BCUT2D eigenvalue weighted by molar-refractivity contribution is 7.20. The molecule has 0 aliphatic heterocycles. The number of rotatable bonds is 3. The second-order valence-corrected chi connectivity index (χ2v) is 6.83. The van der Waals surface area contributed by atoms with Gasteiger partial charge in [0.25, 0.3) is 5.91 Å². The van der Waals surface area contributed by atoms with Crippen molar-refractivity contribution in [2.45, 2.75) is 31.7 Å². The van der Waals surface area contributed by atoms with Gasteiger partial charge in [0.1, 0.15) is 4.34 Å². The van der Waals surface area contributed by atoms with E-state index in [9.17, 15) is 9.90 Å². The third-order valence-corrected chi connectivity index (χ3v) is 4.85. The van der Waals surface area contributed by atoms with Crippen LogP contribution in [0.25, 0.3) is 0 Å².